The van der Waals surface area contributed by atoms with Crippen molar-refractivity contribution in [2.75, 3.05) is 24.2 Å². The van der Waals surface area contributed by atoms with E-state index in [0.717, 1.165) is 11.8 Å². The number of carbonyl (C=O) groups is 2. The molecule has 0 saturated carbocycles. The Morgan fingerprint density at radius 3 is 2.41 bits per heavy atom. The quantitative estimate of drug-likeness (QED) is 0.447. The van der Waals surface area contributed by atoms with Crippen LogP contribution in [0.5, 0.6) is 5.75 Å². The lowest BCUT2D eigenvalue weighted by atomic mass is 10.0. The third-order valence-corrected chi connectivity index (χ3v) is 6.64. The van der Waals surface area contributed by atoms with Crippen molar-refractivity contribution < 1.29 is 27.1 Å². The Balaban J connectivity index is 1.50. The van der Waals surface area contributed by atoms with Crippen LogP contribution in [0.3, 0.4) is 0 Å². The molecule has 0 fully saturated rings. The topological polar surface area (TPSA) is 105 Å². The number of halogens is 1. The highest BCUT2D eigenvalue weighted by molar-refractivity contribution is 7.88. The van der Waals surface area contributed by atoms with Crippen LogP contribution in [0.25, 0.3) is 0 Å². The fourth-order valence-corrected chi connectivity index (χ4v) is 4.90. The van der Waals surface area contributed by atoms with Gasteiger partial charge in [-0.25, -0.2) is 17.5 Å². The molecule has 0 aliphatic carbocycles. The fraction of sp³-hybridized carbons (Fsp3) is 0.259. The summed E-state index contributed by atoms with van der Waals surface area (Å²) in [5.74, 6) is -0.869. The summed E-state index contributed by atoms with van der Waals surface area (Å²) >= 11 is 0. The minimum Gasteiger partial charge on any atom is -0.477 e. The molecule has 1 heterocycles. The van der Waals surface area contributed by atoms with Gasteiger partial charge in [0.25, 0.3) is 5.91 Å². The van der Waals surface area contributed by atoms with Crippen LogP contribution in [0.1, 0.15) is 23.6 Å². The van der Waals surface area contributed by atoms with Crippen LogP contribution in [-0.4, -0.2) is 45.7 Å². The zero-order valence-corrected chi connectivity index (χ0v) is 21.1. The van der Waals surface area contributed by atoms with Crippen molar-refractivity contribution >= 4 is 27.5 Å². The van der Waals surface area contributed by atoms with Gasteiger partial charge < -0.3 is 15.0 Å². The molecule has 37 heavy (non-hydrogen) atoms. The molecule has 3 aromatic rings. The van der Waals surface area contributed by atoms with E-state index in [1.165, 1.54) is 29.2 Å². The van der Waals surface area contributed by atoms with Crippen LogP contribution < -0.4 is 19.7 Å². The maximum atomic E-state index is 13.5. The first-order valence-electron chi connectivity index (χ1n) is 11.8. The molecule has 2 N–H and O–H groups in total. The molecular weight excluding hydrogens is 497 g/mol. The Hall–Kier alpha value is -3.76. The predicted octanol–water partition coefficient (Wildman–Crippen LogP) is 2.96. The van der Waals surface area contributed by atoms with Crippen LogP contribution in [0, 0.1) is 5.82 Å². The number of carbonyl (C=O) groups excluding carboxylic acids is 2. The van der Waals surface area contributed by atoms with Crippen molar-refractivity contribution in [2.45, 2.75) is 25.0 Å². The summed E-state index contributed by atoms with van der Waals surface area (Å²) in [6.45, 7) is 0.366. The van der Waals surface area contributed by atoms with E-state index in [1.54, 1.807) is 24.3 Å². The predicted molar refractivity (Wildman–Crippen MR) is 138 cm³/mol. The standard InChI is InChI=1S/C27H28FN3O5S/c1-37(34,35)30-22(20-11-13-21(28)14-12-20)17-26(32)31-18-25(36-24-10-6-5-9-23(24)31)27(33)29-16-15-19-7-3-2-4-8-19/h2-14,22,25,30H,15-18H2,1H3,(H,29,33)/t22-,25+/m0/s1. The van der Waals surface area contributed by atoms with E-state index in [-0.39, 0.29) is 18.9 Å². The summed E-state index contributed by atoms with van der Waals surface area (Å²) in [7, 11) is -3.68. The largest absolute Gasteiger partial charge is 0.477 e. The second-order valence-corrected chi connectivity index (χ2v) is 10.6. The summed E-state index contributed by atoms with van der Waals surface area (Å²) < 4.78 is 45.8. The van der Waals surface area contributed by atoms with Crippen LogP contribution in [-0.2, 0) is 26.0 Å². The van der Waals surface area contributed by atoms with Gasteiger partial charge in [0, 0.05) is 13.0 Å². The third kappa shape index (κ3) is 7.14. The highest BCUT2D eigenvalue weighted by Crippen LogP contribution is 2.34. The molecule has 2 atom stereocenters. The summed E-state index contributed by atoms with van der Waals surface area (Å²) in [6, 6.07) is 20.9. The first-order chi connectivity index (χ1) is 17.7. The molecule has 0 unspecified atom stereocenters. The monoisotopic (exact) mass is 525 g/mol. The number of para-hydroxylation sites is 2. The summed E-state index contributed by atoms with van der Waals surface area (Å²) in [5, 5.41) is 2.87. The van der Waals surface area contributed by atoms with Crippen molar-refractivity contribution in [3.8, 4) is 5.75 Å². The molecule has 4 rings (SSSR count). The van der Waals surface area contributed by atoms with E-state index >= 15 is 0 Å². The second kappa shape index (κ2) is 11.5. The number of fused-ring (bicyclic) bond motifs is 1. The lowest BCUT2D eigenvalue weighted by Crippen LogP contribution is -2.51. The minimum absolute atomic E-state index is 0.0397. The zero-order valence-electron chi connectivity index (χ0n) is 20.3. The molecule has 8 nitrogen and oxygen atoms in total. The normalized spacial score (nSPS) is 15.8. The molecule has 0 aromatic heterocycles. The van der Waals surface area contributed by atoms with Crippen LogP contribution >= 0.6 is 0 Å². The van der Waals surface area contributed by atoms with Crippen LogP contribution in [0.4, 0.5) is 10.1 Å². The van der Waals surface area contributed by atoms with Crippen LogP contribution in [0.2, 0.25) is 0 Å². The molecule has 0 saturated heterocycles. The van der Waals surface area contributed by atoms with Gasteiger partial charge in [0.05, 0.1) is 24.5 Å². The molecule has 10 heteroatoms. The smallest absolute Gasteiger partial charge is 0.262 e. The number of nitrogens with one attached hydrogen (secondary N) is 2. The van der Waals surface area contributed by atoms with Gasteiger partial charge in [-0.2, -0.15) is 0 Å². The molecule has 1 aliphatic rings. The maximum Gasteiger partial charge on any atom is 0.262 e. The Kier molecular flexibility index (Phi) is 8.20. The van der Waals surface area contributed by atoms with E-state index in [1.807, 2.05) is 30.3 Å². The summed E-state index contributed by atoms with van der Waals surface area (Å²) in [5.41, 5.74) is 2.01. The van der Waals surface area contributed by atoms with Crippen molar-refractivity contribution in [3.63, 3.8) is 0 Å². The summed E-state index contributed by atoms with van der Waals surface area (Å²) in [6.07, 6.45) is 0.458. The van der Waals surface area contributed by atoms with Crippen molar-refractivity contribution in [2.24, 2.45) is 0 Å². The van der Waals surface area contributed by atoms with E-state index < -0.39 is 33.9 Å². The molecule has 0 bridgehead atoms. The van der Waals surface area contributed by atoms with Gasteiger partial charge in [-0.15, -0.1) is 0 Å². The number of anilines is 1. The van der Waals surface area contributed by atoms with E-state index in [4.69, 9.17) is 4.74 Å². The molecule has 194 valence electrons. The lowest BCUT2D eigenvalue weighted by molar-refractivity contribution is -0.128. The number of amides is 2. The Morgan fingerprint density at radius 1 is 1.03 bits per heavy atom. The summed E-state index contributed by atoms with van der Waals surface area (Å²) in [4.78, 5) is 27.9. The number of hydrogen-bond acceptors (Lipinski definition) is 5. The minimum atomic E-state index is -3.68. The number of benzene rings is 3. The number of hydrogen-bond donors (Lipinski definition) is 2. The van der Waals surface area contributed by atoms with E-state index in [2.05, 4.69) is 10.0 Å². The molecule has 3 aromatic carbocycles. The highest BCUT2D eigenvalue weighted by atomic mass is 32.2. The SMILES string of the molecule is CS(=O)(=O)N[C@@H](CC(=O)N1C[C@H](C(=O)NCCc2ccccc2)Oc2ccccc21)c1ccc(F)cc1. The van der Waals surface area contributed by atoms with Gasteiger partial charge in [-0.3, -0.25) is 9.59 Å². The number of sulfonamides is 1. The average Bonchev–Trinajstić information content (AvgIpc) is 2.88. The van der Waals surface area contributed by atoms with E-state index in [0.29, 0.717) is 30.0 Å². The number of rotatable bonds is 9. The molecule has 0 spiro atoms. The van der Waals surface area contributed by atoms with Crippen molar-refractivity contribution in [1.29, 1.82) is 0 Å². The Morgan fingerprint density at radius 2 is 1.70 bits per heavy atom. The Labute approximate surface area is 215 Å². The van der Waals surface area contributed by atoms with Gasteiger partial charge in [0.15, 0.2) is 6.10 Å². The van der Waals surface area contributed by atoms with E-state index in [9.17, 15) is 22.4 Å². The zero-order chi connectivity index (χ0) is 26.4. The fourth-order valence-electron chi connectivity index (χ4n) is 4.16. The first kappa shape index (κ1) is 26.3. The van der Waals surface area contributed by atoms with Gasteiger partial charge in [0.1, 0.15) is 11.6 Å². The molecule has 0 radical (unpaired) electrons. The third-order valence-electron chi connectivity index (χ3n) is 5.93. The number of nitrogens with zero attached hydrogens (tertiary/aromatic N) is 1. The molecular formula is C27H28FN3O5S. The van der Waals surface area contributed by atoms with Gasteiger partial charge in [0.2, 0.25) is 15.9 Å². The van der Waals surface area contributed by atoms with Gasteiger partial charge in [-0.05, 0) is 41.8 Å². The molecule has 1 aliphatic heterocycles. The molecule has 2 amide bonds. The lowest BCUT2D eigenvalue weighted by Gasteiger charge is -2.35. The van der Waals surface area contributed by atoms with Crippen LogP contribution in [0.15, 0.2) is 78.9 Å². The average molecular weight is 526 g/mol. The van der Waals surface area contributed by atoms with Gasteiger partial charge in [-0.1, -0.05) is 54.6 Å². The second-order valence-electron chi connectivity index (χ2n) is 8.80. The first-order valence-corrected chi connectivity index (χ1v) is 13.7. The van der Waals surface area contributed by atoms with Crippen molar-refractivity contribution in [1.82, 2.24) is 10.0 Å². The van der Waals surface area contributed by atoms with Gasteiger partial charge >= 0.3 is 0 Å². The highest BCUT2D eigenvalue weighted by Gasteiger charge is 2.35. The number of ether oxygens (including phenoxy) is 1. The van der Waals surface area contributed by atoms with Crippen molar-refractivity contribution in [3.05, 3.63) is 95.8 Å². The Bertz CT molecular complexity index is 1350. The maximum absolute atomic E-state index is 13.5.